The van der Waals surface area contributed by atoms with Crippen molar-refractivity contribution in [1.82, 2.24) is 10.3 Å². The first-order chi connectivity index (χ1) is 11.1. The van der Waals surface area contributed by atoms with Gasteiger partial charge in [0.25, 0.3) is 0 Å². The van der Waals surface area contributed by atoms with Crippen molar-refractivity contribution in [2.24, 2.45) is 0 Å². The van der Waals surface area contributed by atoms with Crippen molar-refractivity contribution >= 4 is 12.1 Å². The molecule has 2 N–H and O–H groups in total. The Hall–Kier alpha value is -2.89. The highest BCUT2D eigenvalue weighted by Crippen LogP contribution is 2.07. The number of carbonyl (C=O) groups excluding carboxylic acids is 1. The zero-order valence-corrected chi connectivity index (χ0v) is 12.7. The molecule has 0 aliphatic rings. The van der Waals surface area contributed by atoms with Crippen molar-refractivity contribution in [3.8, 4) is 0 Å². The number of carbonyl (C=O) groups is 2. The number of amides is 1. The fourth-order valence-corrected chi connectivity index (χ4v) is 2.03. The molecule has 0 aliphatic carbocycles. The van der Waals surface area contributed by atoms with E-state index in [1.54, 1.807) is 12.3 Å². The highest BCUT2D eigenvalue weighted by atomic mass is 16.5. The van der Waals surface area contributed by atoms with Gasteiger partial charge in [0, 0.05) is 18.3 Å². The van der Waals surface area contributed by atoms with Gasteiger partial charge in [0.1, 0.15) is 12.6 Å². The molecule has 0 aliphatic heterocycles. The Balaban J connectivity index is 1.92. The van der Waals surface area contributed by atoms with Gasteiger partial charge in [-0.25, -0.2) is 9.59 Å². The maximum Gasteiger partial charge on any atom is 0.408 e. The molecular formula is C17H18N2O4. The number of carboxylic acid groups (broad SMARTS) is 1. The lowest BCUT2D eigenvalue weighted by molar-refractivity contribution is -0.139. The second-order valence-corrected chi connectivity index (χ2v) is 5.07. The van der Waals surface area contributed by atoms with Crippen molar-refractivity contribution in [3.05, 3.63) is 65.5 Å². The molecule has 0 saturated heterocycles. The normalized spacial score (nSPS) is 11.5. The van der Waals surface area contributed by atoms with Gasteiger partial charge in [0.2, 0.25) is 0 Å². The second-order valence-electron chi connectivity index (χ2n) is 5.07. The van der Waals surface area contributed by atoms with Crippen molar-refractivity contribution < 1.29 is 19.4 Å². The summed E-state index contributed by atoms with van der Waals surface area (Å²) in [5.41, 5.74) is 2.33. The predicted molar refractivity (Wildman–Crippen MR) is 83.9 cm³/mol. The van der Waals surface area contributed by atoms with Crippen LogP contribution in [0.15, 0.2) is 48.7 Å². The number of ether oxygens (including phenoxy) is 1. The van der Waals surface area contributed by atoms with Crippen LogP contribution in [0.1, 0.15) is 16.8 Å². The topological polar surface area (TPSA) is 88.5 Å². The van der Waals surface area contributed by atoms with Crippen molar-refractivity contribution in [2.45, 2.75) is 26.0 Å². The van der Waals surface area contributed by atoms with Crippen LogP contribution in [0.3, 0.4) is 0 Å². The number of aromatic nitrogens is 1. The van der Waals surface area contributed by atoms with E-state index in [9.17, 15) is 14.7 Å². The zero-order chi connectivity index (χ0) is 16.7. The van der Waals surface area contributed by atoms with E-state index in [4.69, 9.17) is 4.74 Å². The molecule has 1 aromatic heterocycles. The molecule has 1 atom stereocenters. The number of hydrogen-bond donors (Lipinski definition) is 2. The molecular weight excluding hydrogens is 296 g/mol. The van der Waals surface area contributed by atoms with Gasteiger partial charge in [-0.15, -0.1) is 0 Å². The molecule has 0 spiro atoms. The first-order valence-electron chi connectivity index (χ1n) is 7.17. The molecule has 120 valence electrons. The Labute approximate surface area is 134 Å². The van der Waals surface area contributed by atoms with Crippen LogP contribution in [0, 0.1) is 6.92 Å². The van der Waals surface area contributed by atoms with Gasteiger partial charge < -0.3 is 15.2 Å². The Bertz CT molecular complexity index is 673. The number of aryl methyl sites for hydroxylation is 1. The van der Waals surface area contributed by atoms with Gasteiger partial charge in [-0.1, -0.05) is 36.4 Å². The monoisotopic (exact) mass is 314 g/mol. The summed E-state index contributed by atoms with van der Waals surface area (Å²) < 4.78 is 5.04. The molecule has 1 aromatic carbocycles. The minimum atomic E-state index is -1.13. The summed E-state index contributed by atoms with van der Waals surface area (Å²) in [5.74, 6) is -1.13. The van der Waals surface area contributed by atoms with Crippen molar-refractivity contribution in [1.29, 1.82) is 0 Å². The van der Waals surface area contributed by atoms with E-state index in [1.165, 1.54) is 0 Å². The van der Waals surface area contributed by atoms with E-state index in [0.29, 0.717) is 5.69 Å². The van der Waals surface area contributed by atoms with Gasteiger partial charge >= 0.3 is 12.1 Å². The number of pyridine rings is 1. The highest BCUT2D eigenvalue weighted by molar-refractivity contribution is 5.80. The maximum atomic E-state index is 11.8. The third kappa shape index (κ3) is 5.10. The number of alkyl carbamates (subject to hydrolysis) is 1. The van der Waals surface area contributed by atoms with Crippen LogP contribution in [0.25, 0.3) is 0 Å². The summed E-state index contributed by atoms with van der Waals surface area (Å²) in [6.45, 7) is 1.93. The van der Waals surface area contributed by atoms with E-state index < -0.39 is 18.1 Å². The summed E-state index contributed by atoms with van der Waals surface area (Å²) >= 11 is 0. The maximum absolute atomic E-state index is 11.8. The highest BCUT2D eigenvalue weighted by Gasteiger charge is 2.22. The molecule has 2 rings (SSSR count). The lowest BCUT2D eigenvalue weighted by Gasteiger charge is -2.15. The molecule has 0 bridgehead atoms. The van der Waals surface area contributed by atoms with Gasteiger partial charge in [-0.2, -0.15) is 0 Å². The molecule has 0 radical (unpaired) electrons. The quantitative estimate of drug-likeness (QED) is 0.854. The summed E-state index contributed by atoms with van der Waals surface area (Å²) in [6, 6.07) is 11.7. The van der Waals surface area contributed by atoms with Crippen LogP contribution >= 0.6 is 0 Å². The Kier molecular flexibility index (Phi) is 5.68. The SMILES string of the molecule is Cc1cccnc1CC(NC(=O)OCc1ccccc1)C(=O)O. The van der Waals surface area contributed by atoms with Gasteiger partial charge in [0.15, 0.2) is 0 Å². The summed E-state index contributed by atoms with van der Waals surface area (Å²) in [5, 5.41) is 11.6. The predicted octanol–water partition coefficient (Wildman–Crippen LogP) is 2.31. The minimum absolute atomic E-state index is 0.0849. The first-order valence-corrected chi connectivity index (χ1v) is 7.17. The van der Waals surface area contributed by atoms with Crippen molar-refractivity contribution in [3.63, 3.8) is 0 Å². The fraction of sp³-hybridized carbons (Fsp3) is 0.235. The number of carboxylic acids is 1. The van der Waals surface area contributed by atoms with Crippen LogP contribution in [-0.2, 0) is 22.6 Å². The standard InChI is InChI=1S/C17H18N2O4/c1-12-6-5-9-18-14(12)10-15(16(20)21)19-17(22)23-11-13-7-3-2-4-8-13/h2-9,15H,10-11H2,1H3,(H,19,22)(H,20,21). The third-order valence-electron chi connectivity index (χ3n) is 3.32. The van der Waals surface area contributed by atoms with Gasteiger partial charge in [-0.05, 0) is 24.1 Å². The van der Waals surface area contributed by atoms with Crippen LogP contribution in [0.5, 0.6) is 0 Å². The number of rotatable bonds is 6. The number of nitrogens with zero attached hydrogens (tertiary/aromatic N) is 1. The van der Waals surface area contributed by atoms with Crippen LogP contribution in [0.2, 0.25) is 0 Å². The van der Waals surface area contributed by atoms with E-state index in [-0.39, 0.29) is 13.0 Å². The fourth-order valence-electron chi connectivity index (χ4n) is 2.03. The van der Waals surface area contributed by atoms with Crippen molar-refractivity contribution in [2.75, 3.05) is 0 Å². The molecule has 6 heteroatoms. The number of benzene rings is 1. The average Bonchev–Trinajstić information content (AvgIpc) is 2.55. The van der Waals surface area contributed by atoms with E-state index in [1.807, 2.05) is 43.3 Å². The third-order valence-corrected chi connectivity index (χ3v) is 3.32. The Morgan fingerprint density at radius 3 is 2.61 bits per heavy atom. The molecule has 2 aromatic rings. The number of nitrogens with one attached hydrogen (secondary N) is 1. The number of hydrogen-bond acceptors (Lipinski definition) is 4. The molecule has 1 heterocycles. The van der Waals surface area contributed by atoms with Crippen LogP contribution in [0.4, 0.5) is 4.79 Å². The van der Waals surface area contributed by atoms with Crippen LogP contribution in [-0.4, -0.2) is 28.2 Å². The largest absolute Gasteiger partial charge is 0.480 e. The summed E-state index contributed by atoms with van der Waals surface area (Å²) in [6.07, 6.45) is 0.923. The summed E-state index contributed by atoms with van der Waals surface area (Å²) in [7, 11) is 0. The molecule has 0 saturated carbocycles. The lowest BCUT2D eigenvalue weighted by Crippen LogP contribution is -2.42. The Morgan fingerprint density at radius 2 is 1.96 bits per heavy atom. The van der Waals surface area contributed by atoms with E-state index in [2.05, 4.69) is 10.3 Å². The molecule has 6 nitrogen and oxygen atoms in total. The zero-order valence-electron chi connectivity index (χ0n) is 12.7. The van der Waals surface area contributed by atoms with E-state index >= 15 is 0 Å². The second kappa shape index (κ2) is 7.93. The van der Waals surface area contributed by atoms with Crippen LogP contribution < -0.4 is 5.32 Å². The minimum Gasteiger partial charge on any atom is -0.480 e. The number of aliphatic carboxylic acids is 1. The Morgan fingerprint density at radius 1 is 1.22 bits per heavy atom. The molecule has 1 unspecified atom stereocenters. The average molecular weight is 314 g/mol. The lowest BCUT2D eigenvalue weighted by atomic mass is 10.1. The molecule has 1 amide bonds. The van der Waals surface area contributed by atoms with E-state index in [0.717, 1.165) is 11.1 Å². The van der Waals surface area contributed by atoms with Gasteiger partial charge in [-0.3, -0.25) is 4.98 Å². The first kappa shape index (κ1) is 16.5. The van der Waals surface area contributed by atoms with Gasteiger partial charge in [0.05, 0.1) is 0 Å². The smallest absolute Gasteiger partial charge is 0.408 e. The molecule has 23 heavy (non-hydrogen) atoms. The molecule has 0 fully saturated rings. The summed E-state index contributed by atoms with van der Waals surface area (Å²) in [4.78, 5) is 27.3.